The molecule has 2 fully saturated rings. The van der Waals surface area contributed by atoms with Gasteiger partial charge in [0.1, 0.15) is 11.8 Å². The van der Waals surface area contributed by atoms with Crippen LogP contribution in [0.5, 0.6) is 5.75 Å². The molecule has 12 heteroatoms. The molecule has 0 saturated carbocycles. The first kappa shape index (κ1) is 24.3. The summed E-state index contributed by atoms with van der Waals surface area (Å²) in [6, 6.07) is 10.3. The van der Waals surface area contributed by atoms with Gasteiger partial charge in [0.05, 0.1) is 31.5 Å². The molecule has 198 valence electrons. The molecule has 2 aliphatic rings. The lowest BCUT2D eigenvalue weighted by Crippen LogP contribution is -2.50. The standard InChI is InChI=1S/C26H29N7O5/c1-36-18-7-6-17-14-20(25(34)27-21(17)15-18)23(24-28-29-30-33(24)16-19-4-2-12-37-19)31-8-10-32(11-9-31)26(35)22-5-3-13-38-22/h3,5-7,13-15,19,23H,2,4,8-12,16H2,1H3,(H,27,34)/t19-,23+/m1/s1. The zero-order chi connectivity index (χ0) is 26.1. The van der Waals surface area contributed by atoms with Gasteiger partial charge in [0.2, 0.25) is 0 Å². The Hall–Kier alpha value is -4.03. The lowest BCUT2D eigenvalue weighted by atomic mass is 10.0. The van der Waals surface area contributed by atoms with E-state index in [1.165, 1.54) is 6.26 Å². The minimum absolute atomic E-state index is 0.0306. The summed E-state index contributed by atoms with van der Waals surface area (Å²) in [7, 11) is 1.59. The number of benzene rings is 1. The Morgan fingerprint density at radius 1 is 1.21 bits per heavy atom. The number of H-pyrrole nitrogens is 1. The van der Waals surface area contributed by atoms with Gasteiger partial charge < -0.3 is 23.8 Å². The molecule has 0 bridgehead atoms. The molecule has 2 atom stereocenters. The number of nitrogens with zero attached hydrogens (tertiary/aromatic N) is 6. The van der Waals surface area contributed by atoms with Crippen molar-refractivity contribution in [2.24, 2.45) is 0 Å². The number of amides is 1. The van der Waals surface area contributed by atoms with Gasteiger partial charge in [0.25, 0.3) is 11.5 Å². The van der Waals surface area contributed by atoms with E-state index in [0.29, 0.717) is 61.1 Å². The monoisotopic (exact) mass is 519 g/mol. The maximum atomic E-state index is 13.5. The molecule has 2 saturated heterocycles. The molecule has 1 amide bonds. The summed E-state index contributed by atoms with van der Waals surface area (Å²) in [6.07, 6.45) is 3.47. The summed E-state index contributed by atoms with van der Waals surface area (Å²) in [6.45, 7) is 3.26. The number of hydrogen-bond donors (Lipinski definition) is 1. The number of aromatic nitrogens is 5. The third kappa shape index (κ3) is 4.68. The van der Waals surface area contributed by atoms with Crippen LogP contribution < -0.4 is 10.3 Å². The number of aromatic amines is 1. The van der Waals surface area contributed by atoms with Gasteiger partial charge in [-0.1, -0.05) is 0 Å². The van der Waals surface area contributed by atoms with Gasteiger partial charge in [-0.2, -0.15) is 0 Å². The number of hydrogen-bond acceptors (Lipinski definition) is 9. The summed E-state index contributed by atoms with van der Waals surface area (Å²) in [5, 5.41) is 13.5. The Morgan fingerprint density at radius 3 is 2.82 bits per heavy atom. The molecule has 1 N–H and O–H groups in total. The average Bonchev–Trinajstić information content (AvgIpc) is 3.73. The van der Waals surface area contributed by atoms with E-state index in [4.69, 9.17) is 13.9 Å². The number of carbonyl (C=O) groups excluding carboxylic acids is 1. The highest BCUT2D eigenvalue weighted by atomic mass is 16.5. The van der Waals surface area contributed by atoms with Crippen molar-refractivity contribution >= 4 is 16.8 Å². The SMILES string of the molecule is COc1ccc2cc([C@@H](c3nnnn3C[C@H]3CCCO3)N3CCN(C(=O)c4ccco4)CC3)c(=O)[nH]c2c1. The minimum Gasteiger partial charge on any atom is -0.497 e. The number of methoxy groups -OCH3 is 1. The Kier molecular flexibility index (Phi) is 6.64. The normalized spacial score (nSPS) is 19.2. The highest BCUT2D eigenvalue weighted by molar-refractivity contribution is 5.91. The number of piperazine rings is 1. The Balaban J connectivity index is 1.35. The van der Waals surface area contributed by atoms with E-state index in [0.717, 1.165) is 24.8 Å². The summed E-state index contributed by atoms with van der Waals surface area (Å²) < 4.78 is 18.2. The molecule has 4 aromatic rings. The van der Waals surface area contributed by atoms with Gasteiger partial charge in [-0.05, 0) is 59.0 Å². The molecular formula is C26H29N7O5. The molecule has 3 aromatic heterocycles. The average molecular weight is 520 g/mol. The van der Waals surface area contributed by atoms with Crippen molar-refractivity contribution in [2.45, 2.75) is 31.5 Å². The van der Waals surface area contributed by atoms with Gasteiger partial charge in [-0.3, -0.25) is 14.5 Å². The second kappa shape index (κ2) is 10.4. The van der Waals surface area contributed by atoms with Crippen LogP contribution in [0, 0.1) is 0 Å². The van der Waals surface area contributed by atoms with E-state index in [1.54, 1.807) is 34.9 Å². The smallest absolute Gasteiger partial charge is 0.289 e. The quantitative estimate of drug-likeness (QED) is 0.388. The fourth-order valence-electron chi connectivity index (χ4n) is 5.28. The molecule has 5 heterocycles. The zero-order valence-electron chi connectivity index (χ0n) is 21.1. The summed E-state index contributed by atoms with van der Waals surface area (Å²) >= 11 is 0. The van der Waals surface area contributed by atoms with Crippen LogP contribution in [0.15, 0.2) is 51.9 Å². The third-order valence-electron chi connectivity index (χ3n) is 7.28. The molecule has 0 radical (unpaired) electrons. The molecule has 38 heavy (non-hydrogen) atoms. The molecular weight excluding hydrogens is 490 g/mol. The van der Waals surface area contributed by atoms with Crippen LogP contribution in [0.3, 0.4) is 0 Å². The number of nitrogens with one attached hydrogen (secondary N) is 1. The van der Waals surface area contributed by atoms with Crippen molar-refractivity contribution in [3.63, 3.8) is 0 Å². The lowest BCUT2D eigenvalue weighted by Gasteiger charge is -2.38. The highest BCUT2D eigenvalue weighted by Gasteiger charge is 2.34. The first-order valence-electron chi connectivity index (χ1n) is 12.8. The molecule has 12 nitrogen and oxygen atoms in total. The second-order valence-corrected chi connectivity index (χ2v) is 9.57. The van der Waals surface area contributed by atoms with E-state index in [9.17, 15) is 9.59 Å². The van der Waals surface area contributed by atoms with Crippen LogP contribution in [0.4, 0.5) is 0 Å². The molecule has 0 aliphatic carbocycles. The predicted molar refractivity (Wildman–Crippen MR) is 136 cm³/mol. The van der Waals surface area contributed by atoms with Crippen molar-refractivity contribution in [3.8, 4) is 5.75 Å². The van der Waals surface area contributed by atoms with Crippen LogP contribution in [0.1, 0.15) is 40.8 Å². The number of carbonyl (C=O) groups is 1. The van der Waals surface area contributed by atoms with Crippen LogP contribution in [-0.2, 0) is 11.3 Å². The van der Waals surface area contributed by atoms with E-state index >= 15 is 0 Å². The van der Waals surface area contributed by atoms with Gasteiger partial charge in [-0.25, -0.2) is 4.68 Å². The number of rotatable bonds is 7. The maximum Gasteiger partial charge on any atom is 0.289 e. The molecule has 0 unspecified atom stereocenters. The first-order chi connectivity index (χ1) is 18.6. The number of tetrazole rings is 1. The maximum absolute atomic E-state index is 13.5. The fourth-order valence-corrected chi connectivity index (χ4v) is 5.28. The lowest BCUT2D eigenvalue weighted by molar-refractivity contribution is 0.0550. The Morgan fingerprint density at radius 2 is 2.08 bits per heavy atom. The number of fused-ring (bicyclic) bond motifs is 1. The largest absolute Gasteiger partial charge is 0.497 e. The predicted octanol–water partition coefficient (Wildman–Crippen LogP) is 1.84. The van der Waals surface area contributed by atoms with E-state index in [-0.39, 0.29) is 17.6 Å². The highest BCUT2D eigenvalue weighted by Crippen LogP contribution is 2.29. The number of furan rings is 1. The van der Waals surface area contributed by atoms with Crippen LogP contribution in [0.25, 0.3) is 10.9 Å². The van der Waals surface area contributed by atoms with Gasteiger partial charge in [-0.15, -0.1) is 5.10 Å². The van der Waals surface area contributed by atoms with Crippen molar-refractivity contribution < 1.29 is 18.7 Å². The van der Waals surface area contributed by atoms with E-state index < -0.39 is 6.04 Å². The second-order valence-electron chi connectivity index (χ2n) is 9.57. The zero-order valence-corrected chi connectivity index (χ0v) is 21.1. The third-order valence-corrected chi connectivity index (χ3v) is 7.28. The molecule has 1 aromatic carbocycles. The van der Waals surface area contributed by atoms with Gasteiger partial charge >= 0.3 is 0 Å². The Labute approximate surface area is 218 Å². The van der Waals surface area contributed by atoms with Gasteiger partial charge in [0, 0.05) is 44.4 Å². The summed E-state index contributed by atoms with van der Waals surface area (Å²) in [4.78, 5) is 33.3. The van der Waals surface area contributed by atoms with Crippen molar-refractivity contribution in [1.29, 1.82) is 0 Å². The van der Waals surface area contributed by atoms with Crippen molar-refractivity contribution in [1.82, 2.24) is 35.0 Å². The first-order valence-corrected chi connectivity index (χ1v) is 12.8. The number of ether oxygens (including phenoxy) is 2. The molecule has 6 rings (SSSR count). The van der Waals surface area contributed by atoms with Crippen LogP contribution in [0.2, 0.25) is 0 Å². The minimum atomic E-state index is -0.512. The van der Waals surface area contributed by atoms with Crippen LogP contribution >= 0.6 is 0 Å². The summed E-state index contributed by atoms with van der Waals surface area (Å²) in [5.41, 5.74) is 0.998. The molecule has 2 aliphatic heterocycles. The van der Waals surface area contributed by atoms with E-state index in [2.05, 4.69) is 25.4 Å². The number of pyridine rings is 1. The topological polar surface area (TPSA) is 132 Å². The fraction of sp³-hybridized carbons (Fsp3) is 0.423. The van der Waals surface area contributed by atoms with Gasteiger partial charge in [0.15, 0.2) is 11.6 Å². The van der Waals surface area contributed by atoms with Crippen LogP contribution in [-0.4, -0.2) is 86.9 Å². The van der Waals surface area contributed by atoms with Crippen molar-refractivity contribution in [3.05, 3.63) is 70.2 Å². The summed E-state index contributed by atoms with van der Waals surface area (Å²) in [5.74, 6) is 1.41. The molecule has 0 spiro atoms. The Bertz CT molecular complexity index is 1470. The van der Waals surface area contributed by atoms with Crippen molar-refractivity contribution in [2.75, 3.05) is 39.9 Å². The van der Waals surface area contributed by atoms with E-state index in [1.807, 2.05) is 18.2 Å².